The molecule has 0 N–H and O–H groups in total. The lowest BCUT2D eigenvalue weighted by Gasteiger charge is -2.00. The van der Waals surface area contributed by atoms with Crippen LogP contribution in [0.1, 0.15) is 12.8 Å². The second kappa shape index (κ2) is 2.00. The standard InChI is InChI=1S/C9H11BN2O/c1-13-6-8-4-9(8,5-8)12-3-7(10)2-11-12/h2-3H,4-6H2,1H3. The van der Waals surface area contributed by atoms with E-state index in [1.165, 1.54) is 12.8 Å². The number of aromatic nitrogens is 2. The van der Waals surface area contributed by atoms with E-state index in [4.69, 9.17) is 12.6 Å². The molecule has 0 aliphatic heterocycles. The number of nitrogens with zero attached hydrogens (tertiary/aromatic N) is 2. The van der Waals surface area contributed by atoms with Gasteiger partial charge in [-0.2, -0.15) is 5.10 Å². The third-order valence-corrected chi connectivity index (χ3v) is 3.46. The lowest BCUT2D eigenvalue weighted by atomic mass is 10.0. The maximum atomic E-state index is 5.62. The van der Waals surface area contributed by atoms with Gasteiger partial charge in [-0.1, -0.05) is 5.46 Å². The van der Waals surface area contributed by atoms with Gasteiger partial charge >= 0.3 is 0 Å². The summed E-state index contributed by atoms with van der Waals surface area (Å²) in [5.41, 5.74) is 1.43. The van der Waals surface area contributed by atoms with Crippen LogP contribution < -0.4 is 5.46 Å². The van der Waals surface area contributed by atoms with Gasteiger partial charge < -0.3 is 4.74 Å². The van der Waals surface area contributed by atoms with Gasteiger partial charge in [0.25, 0.3) is 0 Å². The number of hydrogen-bond donors (Lipinski definition) is 0. The van der Waals surface area contributed by atoms with Gasteiger partial charge in [0.05, 0.1) is 12.1 Å². The molecule has 0 unspecified atom stereocenters. The van der Waals surface area contributed by atoms with Gasteiger partial charge in [-0.25, -0.2) is 0 Å². The second-order valence-corrected chi connectivity index (χ2v) is 4.32. The first-order valence-corrected chi connectivity index (χ1v) is 4.52. The molecule has 2 saturated carbocycles. The van der Waals surface area contributed by atoms with Crippen LogP contribution >= 0.6 is 0 Å². The van der Waals surface area contributed by atoms with Gasteiger partial charge in [0.15, 0.2) is 0 Å². The molecule has 0 atom stereocenters. The predicted octanol–water partition coefficient (Wildman–Crippen LogP) is -0.188. The van der Waals surface area contributed by atoms with Gasteiger partial charge in [-0.05, 0) is 12.8 Å². The van der Waals surface area contributed by atoms with Gasteiger partial charge in [-0.3, -0.25) is 4.68 Å². The van der Waals surface area contributed by atoms with Crippen molar-refractivity contribution in [2.24, 2.45) is 5.41 Å². The summed E-state index contributed by atoms with van der Waals surface area (Å²) < 4.78 is 7.21. The summed E-state index contributed by atoms with van der Waals surface area (Å²) in [6.45, 7) is 0.854. The summed E-state index contributed by atoms with van der Waals surface area (Å²) >= 11 is 0. The van der Waals surface area contributed by atoms with Crippen molar-refractivity contribution >= 4 is 13.3 Å². The number of hydrogen-bond acceptors (Lipinski definition) is 2. The molecule has 0 saturated heterocycles. The first-order chi connectivity index (χ1) is 6.22. The largest absolute Gasteiger partial charge is 0.384 e. The second-order valence-electron chi connectivity index (χ2n) is 4.32. The molecule has 1 heterocycles. The summed E-state index contributed by atoms with van der Waals surface area (Å²) in [5, 5.41) is 4.25. The molecule has 3 rings (SSSR count). The first kappa shape index (κ1) is 7.62. The van der Waals surface area contributed by atoms with Crippen LogP contribution in [0.25, 0.3) is 0 Å². The zero-order valence-corrected chi connectivity index (χ0v) is 7.66. The van der Waals surface area contributed by atoms with Gasteiger partial charge in [0.2, 0.25) is 0 Å². The molecule has 66 valence electrons. The van der Waals surface area contributed by atoms with E-state index >= 15 is 0 Å². The van der Waals surface area contributed by atoms with Crippen LogP contribution in [0.15, 0.2) is 12.4 Å². The minimum Gasteiger partial charge on any atom is -0.384 e. The minimum atomic E-state index is 0.278. The Balaban J connectivity index is 1.84. The maximum Gasteiger partial charge on any atom is 0.118 e. The normalized spacial score (nSPS) is 40.1. The monoisotopic (exact) mass is 174 g/mol. The predicted molar refractivity (Wildman–Crippen MR) is 49.1 cm³/mol. The molecule has 2 radical (unpaired) electrons. The van der Waals surface area contributed by atoms with Crippen molar-refractivity contribution < 1.29 is 4.74 Å². The summed E-state index contributed by atoms with van der Waals surface area (Å²) in [5.74, 6) is 0. The molecular weight excluding hydrogens is 163 g/mol. The summed E-state index contributed by atoms with van der Waals surface area (Å²) in [6.07, 6.45) is 6.04. The van der Waals surface area contributed by atoms with E-state index in [0.29, 0.717) is 5.41 Å². The zero-order chi connectivity index (χ0) is 9.10. The topological polar surface area (TPSA) is 27.1 Å². The molecule has 0 aromatic carbocycles. The molecule has 3 nitrogen and oxygen atoms in total. The third-order valence-electron chi connectivity index (χ3n) is 3.46. The fourth-order valence-electron chi connectivity index (χ4n) is 2.47. The van der Waals surface area contributed by atoms with Gasteiger partial charge in [-0.15, -0.1) is 0 Å². The van der Waals surface area contributed by atoms with Crippen LogP contribution in [-0.4, -0.2) is 31.3 Å². The molecule has 13 heavy (non-hydrogen) atoms. The van der Waals surface area contributed by atoms with Crippen molar-refractivity contribution in [2.45, 2.75) is 18.4 Å². The first-order valence-electron chi connectivity index (χ1n) is 4.52. The molecule has 0 spiro atoms. The minimum absolute atomic E-state index is 0.278. The lowest BCUT2D eigenvalue weighted by molar-refractivity contribution is 0.164. The van der Waals surface area contributed by atoms with Crippen LogP contribution in [0.2, 0.25) is 0 Å². The average Bonchev–Trinajstić information content (AvgIpc) is 2.76. The van der Waals surface area contributed by atoms with E-state index < -0.39 is 0 Å². The number of rotatable bonds is 3. The fraction of sp³-hybridized carbons (Fsp3) is 0.667. The Labute approximate surface area is 78.5 Å². The molecular formula is C9H11BN2O. The molecule has 2 aliphatic rings. The van der Waals surface area contributed by atoms with E-state index in [-0.39, 0.29) is 5.54 Å². The van der Waals surface area contributed by atoms with E-state index in [1.807, 2.05) is 10.9 Å². The Morgan fingerprint density at radius 2 is 2.46 bits per heavy atom. The van der Waals surface area contributed by atoms with Crippen LogP contribution in [0.4, 0.5) is 0 Å². The summed E-state index contributed by atoms with van der Waals surface area (Å²) in [7, 11) is 7.38. The van der Waals surface area contributed by atoms with Crippen LogP contribution in [0.3, 0.4) is 0 Å². The van der Waals surface area contributed by atoms with Crippen LogP contribution in [0, 0.1) is 5.41 Å². The molecule has 1 aromatic rings. The number of ether oxygens (including phenoxy) is 1. The Morgan fingerprint density at radius 3 is 3.00 bits per heavy atom. The third kappa shape index (κ3) is 0.772. The van der Waals surface area contributed by atoms with E-state index in [0.717, 1.165) is 12.1 Å². The fourth-order valence-corrected chi connectivity index (χ4v) is 2.47. The van der Waals surface area contributed by atoms with E-state index in [1.54, 1.807) is 13.3 Å². The Hall–Kier alpha value is -0.765. The molecule has 4 heteroatoms. The smallest absolute Gasteiger partial charge is 0.118 e. The maximum absolute atomic E-state index is 5.62. The quantitative estimate of drug-likeness (QED) is 0.594. The Kier molecular flexibility index (Phi) is 1.17. The van der Waals surface area contributed by atoms with Crippen molar-refractivity contribution in [2.75, 3.05) is 13.7 Å². The van der Waals surface area contributed by atoms with Crippen LogP contribution in [0.5, 0.6) is 0 Å². The number of methoxy groups -OCH3 is 1. The molecule has 0 amide bonds. The molecule has 0 bridgehead atoms. The highest BCUT2D eigenvalue weighted by molar-refractivity contribution is 6.31. The molecule has 2 aliphatic carbocycles. The van der Waals surface area contributed by atoms with Crippen LogP contribution in [-0.2, 0) is 10.3 Å². The lowest BCUT2D eigenvalue weighted by Crippen LogP contribution is -2.08. The highest BCUT2D eigenvalue weighted by Crippen LogP contribution is 2.83. The van der Waals surface area contributed by atoms with Crippen molar-refractivity contribution in [3.63, 3.8) is 0 Å². The van der Waals surface area contributed by atoms with Crippen molar-refractivity contribution in [1.82, 2.24) is 9.78 Å². The average molecular weight is 174 g/mol. The van der Waals surface area contributed by atoms with E-state index in [9.17, 15) is 0 Å². The summed E-state index contributed by atoms with van der Waals surface area (Å²) in [4.78, 5) is 0. The van der Waals surface area contributed by atoms with Crippen molar-refractivity contribution in [1.29, 1.82) is 0 Å². The van der Waals surface area contributed by atoms with E-state index in [2.05, 4.69) is 5.10 Å². The Bertz CT molecular complexity index is 354. The Morgan fingerprint density at radius 1 is 1.69 bits per heavy atom. The SMILES string of the molecule is [B]c1cnn(C23CC2(COC)C3)c1. The number of fused-ring (bicyclic) bond motifs is 1. The molecule has 2 fully saturated rings. The van der Waals surface area contributed by atoms with Gasteiger partial charge in [0, 0.05) is 24.9 Å². The molecule has 1 aromatic heterocycles. The zero-order valence-electron chi connectivity index (χ0n) is 7.66. The van der Waals surface area contributed by atoms with Crippen molar-refractivity contribution in [3.8, 4) is 0 Å². The highest BCUT2D eigenvalue weighted by atomic mass is 16.5. The van der Waals surface area contributed by atoms with Crippen molar-refractivity contribution in [3.05, 3.63) is 12.4 Å². The van der Waals surface area contributed by atoms with Gasteiger partial charge in [0.1, 0.15) is 7.85 Å². The highest BCUT2D eigenvalue weighted by Gasteiger charge is 2.85. The summed E-state index contributed by atoms with van der Waals surface area (Å²) in [6, 6.07) is 0.